The molecule has 0 saturated heterocycles. The predicted octanol–water partition coefficient (Wildman–Crippen LogP) is 5.69. The lowest BCUT2D eigenvalue weighted by molar-refractivity contribution is 0.340. The molecule has 4 rings (SSSR count). The molecule has 0 aliphatic rings. The van der Waals surface area contributed by atoms with Crippen LogP contribution in [0.3, 0.4) is 0 Å². The van der Waals surface area contributed by atoms with Crippen LogP contribution >= 0.6 is 0 Å². The third-order valence-electron chi connectivity index (χ3n) is 4.31. The molecule has 0 spiro atoms. The summed E-state index contributed by atoms with van der Waals surface area (Å²) in [6, 6.07) is 28.1. The molecule has 0 unspecified atom stereocenters. The number of benzene rings is 3. The maximum Gasteiger partial charge on any atom is 0.119 e. The zero-order chi connectivity index (χ0) is 19.2. The van der Waals surface area contributed by atoms with E-state index in [2.05, 4.69) is 0 Å². The van der Waals surface area contributed by atoms with Gasteiger partial charge in [-0.15, -0.1) is 0 Å². The molecule has 0 saturated carbocycles. The van der Waals surface area contributed by atoms with Gasteiger partial charge in [-0.1, -0.05) is 48.5 Å². The highest BCUT2D eigenvalue weighted by molar-refractivity contribution is 5.85. The van der Waals surface area contributed by atoms with Gasteiger partial charge in [0.2, 0.25) is 0 Å². The topological polar surface area (TPSA) is 39.4 Å². The summed E-state index contributed by atoms with van der Waals surface area (Å²) in [5.74, 6) is 0.863. The summed E-state index contributed by atoms with van der Waals surface area (Å²) in [6.07, 6.45) is 3.82. The van der Waals surface area contributed by atoms with E-state index in [4.69, 9.17) is 14.8 Å². The molecular weight excluding hydrogens is 346 g/mol. The maximum absolute atomic E-state index is 5.50. The first kappa shape index (κ1) is 17.7. The van der Waals surface area contributed by atoms with Crippen LogP contribution in [0.5, 0.6) is 5.75 Å². The second-order valence-corrected chi connectivity index (χ2v) is 6.27. The minimum atomic E-state index is 0.659. The van der Waals surface area contributed by atoms with Crippen molar-refractivity contribution < 1.29 is 4.74 Å². The van der Waals surface area contributed by atoms with Gasteiger partial charge in [0, 0.05) is 11.8 Å². The monoisotopic (exact) mass is 367 g/mol. The number of nitrogens with zero attached hydrogens (tertiary/aromatic N) is 3. The van der Waals surface area contributed by atoms with Crippen molar-refractivity contribution in [3.63, 3.8) is 0 Å². The smallest absolute Gasteiger partial charge is 0.119 e. The Labute approximate surface area is 164 Å². The van der Waals surface area contributed by atoms with E-state index >= 15 is 0 Å². The Kier molecular flexibility index (Phi) is 5.29. The minimum Gasteiger partial charge on any atom is -0.494 e. The lowest BCUT2D eigenvalue weighted by Gasteiger charge is -2.02. The van der Waals surface area contributed by atoms with Gasteiger partial charge in [0.25, 0.3) is 0 Å². The first-order valence-corrected chi connectivity index (χ1v) is 9.31. The number of aromatic nitrogens is 2. The molecule has 0 bridgehead atoms. The Bertz CT molecular complexity index is 1050. The number of ether oxygens (including phenoxy) is 1. The Hall–Kier alpha value is -3.66. The summed E-state index contributed by atoms with van der Waals surface area (Å²) in [5.41, 5.74) is 4.73. The average Bonchev–Trinajstić information content (AvgIpc) is 3.19. The van der Waals surface area contributed by atoms with Crippen LogP contribution in [-0.2, 0) is 0 Å². The number of rotatable bonds is 6. The number of hydrogen-bond donors (Lipinski definition) is 0. The zero-order valence-corrected chi connectivity index (χ0v) is 15.7. The van der Waals surface area contributed by atoms with Crippen molar-refractivity contribution in [2.75, 3.05) is 6.61 Å². The molecule has 4 aromatic rings. The fourth-order valence-corrected chi connectivity index (χ4v) is 2.93. The van der Waals surface area contributed by atoms with Crippen LogP contribution in [0, 0.1) is 0 Å². The summed E-state index contributed by atoms with van der Waals surface area (Å²) in [5, 5.41) is 4.78. The molecule has 0 radical (unpaired) electrons. The van der Waals surface area contributed by atoms with E-state index in [9.17, 15) is 0 Å². The first-order chi connectivity index (χ1) is 13.8. The third-order valence-corrected chi connectivity index (χ3v) is 4.31. The van der Waals surface area contributed by atoms with Gasteiger partial charge in [-0.3, -0.25) is 4.99 Å². The normalized spacial score (nSPS) is 11.0. The van der Waals surface area contributed by atoms with Gasteiger partial charge in [-0.05, 0) is 48.9 Å². The maximum atomic E-state index is 5.50. The molecule has 138 valence electrons. The molecule has 0 atom stereocenters. The van der Waals surface area contributed by atoms with Gasteiger partial charge in [0.1, 0.15) is 17.1 Å². The van der Waals surface area contributed by atoms with Crippen molar-refractivity contribution in [1.29, 1.82) is 0 Å². The number of aliphatic imine (C=N–C) groups is 1. The van der Waals surface area contributed by atoms with Crippen LogP contribution in [0.2, 0.25) is 0 Å². The lowest BCUT2D eigenvalue weighted by atomic mass is 10.1. The fraction of sp³-hybridized carbons (Fsp3) is 0.0833. The van der Waals surface area contributed by atoms with E-state index in [-0.39, 0.29) is 0 Å². The quantitative estimate of drug-likeness (QED) is 0.411. The van der Waals surface area contributed by atoms with Crippen LogP contribution < -0.4 is 4.74 Å². The standard InChI is InChI=1S/C24H21N3O/c1-2-28-22-15-13-19(14-16-22)17-25-23-18-27(21-11-7-4-8-12-21)26-24(23)20-9-5-3-6-10-20/h3-18H,2H2,1H3. The Morgan fingerprint density at radius 1 is 0.893 bits per heavy atom. The molecule has 1 aromatic heterocycles. The van der Waals surface area contributed by atoms with Crippen LogP contribution in [0.4, 0.5) is 5.69 Å². The third kappa shape index (κ3) is 4.01. The Morgan fingerprint density at radius 3 is 2.25 bits per heavy atom. The largest absolute Gasteiger partial charge is 0.494 e. The van der Waals surface area contributed by atoms with Crippen LogP contribution in [0.1, 0.15) is 12.5 Å². The molecule has 0 aliphatic heterocycles. The average molecular weight is 367 g/mol. The summed E-state index contributed by atoms with van der Waals surface area (Å²) in [6.45, 7) is 2.64. The van der Waals surface area contributed by atoms with Crippen molar-refractivity contribution >= 4 is 11.9 Å². The molecule has 1 heterocycles. The van der Waals surface area contributed by atoms with Crippen LogP contribution in [-0.4, -0.2) is 22.6 Å². The number of para-hydroxylation sites is 1. The summed E-state index contributed by atoms with van der Waals surface area (Å²) >= 11 is 0. The van der Waals surface area contributed by atoms with E-state index in [1.807, 2.05) is 109 Å². The van der Waals surface area contributed by atoms with Crippen molar-refractivity contribution in [3.05, 3.63) is 96.7 Å². The van der Waals surface area contributed by atoms with Gasteiger partial charge in [-0.2, -0.15) is 5.10 Å². The van der Waals surface area contributed by atoms with E-state index in [0.29, 0.717) is 6.61 Å². The second kappa shape index (κ2) is 8.35. The second-order valence-electron chi connectivity index (χ2n) is 6.27. The first-order valence-electron chi connectivity index (χ1n) is 9.31. The molecular formula is C24H21N3O. The zero-order valence-electron chi connectivity index (χ0n) is 15.7. The van der Waals surface area contributed by atoms with Gasteiger partial charge in [0.15, 0.2) is 0 Å². The van der Waals surface area contributed by atoms with Crippen molar-refractivity contribution in [2.45, 2.75) is 6.92 Å². The van der Waals surface area contributed by atoms with Gasteiger partial charge in [-0.25, -0.2) is 4.68 Å². The van der Waals surface area contributed by atoms with Gasteiger partial charge >= 0.3 is 0 Å². The molecule has 28 heavy (non-hydrogen) atoms. The van der Waals surface area contributed by atoms with Gasteiger partial charge in [0.05, 0.1) is 18.5 Å². The van der Waals surface area contributed by atoms with E-state index in [0.717, 1.165) is 33.9 Å². The van der Waals surface area contributed by atoms with E-state index in [1.54, 1.807) is 0 Å². The van der Waals surface area contributed by atoms with Gasteiger partial charge < -0.3 is 4.74 Å². The lowest BCUT2D eigenvalue weighted by Crippen LogP contribution is -1.93. The molecule has 0 fully saturated rings. The summed E-state index contributed by atoms with van der Waals surface area (Å²) in [4.78, 5) is 4.73. The Balaban J connectivity index is 1.69. The van der Waals surface area contributed by atoms with E-state index in [1.165, 1.54) is 0 Å². The minimum absolute atomic E-state index is 0.659. The van der Waals surface area contributed by atoms with Crippen molar-refractivity contribution in [2.24, 2.45) is 4.99 Å². The highest BCUT2D eigenvalue weighted by atomic mass is 16.5. The molecule has 4 nitrogen and oxygen atoms in total. The molecule has 0 amide bonds. The van der Waals surface area contributed by atoms with Crippen molar-refractivity contribution in [3.8, 4) is 22.7 Å². The molecule has 0 aliphatic carbocycles. The van der Waals surface area contributed by atoms with Crippen LogP contribution in [0.15, 0.2) is 96.1 Å². The molecule has 3 aromatic carbocycles. The van der Waals surface area contributed by atoms with Crippen LogP contribution in [0.25, 0.3) is 16.9 Å². The highest BCUT2D eigenvalue weighted by Gasteiger charge is 2.11. The predicted molar refractivity (Wildman–Crippen MR) is 114 cm³/mol. The van der Waals surface area contributed by atoms with E-state index < -0.39 is 0 Å². The van der Waals surface area contributed by atoms with Crippen molar-refractivity contribution in [1.82, 2.24) is 9.78 Å². The highest BCUT2D eigenvalue weighted by Crippen LogP contribution is 2.30. The summed E-state index contributed by atoms with van der Waals surface area (Å²) < 4.78 is 7.36. The SMILES string of the molecule is CCOc1ccc(C=Nc2cn(-c3ccccc3)nc2-c2ccccc2)cc1. The number of hydrogen-bond acceptors (Lipinski definition) is 3. The molecule has 4 heteroatoms. The summed E-state index contributed by atoms with van der Waals surface area (Å²) in [7, 11) is 0. The fourth-order valence-electron chi connectivity index (χ4n) is 2.93. The molecule has 0 N–H and O–H groups in total. The Morgan fingerprint density at radius 2 is 1.57 bits per heavy atom.